The second-order valence-corrected chi connectivity index (χ2v) is 10.4. The molecule has 3 unspecified atom stereocenters. The van der Waals surface area contributed by atoms with Gasteiger partial charge in [0.15, 0.2) is 0 Å². The van der Waals surface area contributed by atoms with Gasteiger partial charge in [-0.25, -0.2) is 4.79 Å². The van der Waals surface area contributed by atoms with Crippen molar-refractivity contribution in [2.75, 3.05) is 19.7 Å². The predicted octanol–water partition coefficient (Wildman–Crippen LogP) is 4.12. The molecule has 1 saturated heterocycles. The maximum atomic E-state index is 13.2. The molecule has 1 heterocycles. The van der Waals surface area contributed by atoms with Gasteiger partial charge in [0.2, 0.25) is 5.91 Å². The van der Waals surface area contributed by atoms with Gasteiger partial charge in [-0.05, 0) is 52.8 Å². The van der Waals surface area contributed by atoms with E-state index in [0.29, 0.717) is 25.4 Å². The van der Waals surface area contributed by atoms with E-state index in [4.69, 9.17) is 4.74 Å². The second kappa shape index (κ2) is 9.36. The highest BCUT2D eigenvalue weighted by molar-refractivity contribution is 5.87. The third kappa shape index (κ3) is 4.51. The van der Waals surface area contributed by atoms with Gasteiger partial charge in [0, 0.05) is 19.0 Å². The van der Waals surface area contributed by atoms with Crippen molar-refractivity contribution >= 4 is 18.0 Å². The number of carbonyl (C=O) groups excluding carboxylic acids is 2. The number of amides is 2. The van der Waals surface area contributed by atoms with Gasteiger partial charge in [-0.1, -0.05) is 62.4 Å². The number of nitrogens with one attached hydrogen (secondary N) is 1. The molecule has 2 fully saturated rings. The smallest absolute Gasteiger partial charge is 0.407 e. The molecule has 0 radical (unpaired) electrons. The number of carboxylic acid groups (broad SMARTS) is 1. The maximum Gasteiger partial charge on any atom is 0.407 e. The Hall–Kier alpha value is -3.35. The summed E-state index contributed by atoms with van der Waals surface area (Å²) < 4.78 is 5.67. The molecule has 2 aromatic rings. The van der Waals surface area contributed by atoms with E-state index in [-0.39, 0.29) is 36.2 Å². The van der Waals surface area contributed by atoms with E-state index in [1.165, 1.54) is 0 Å². The minimum atomic E-state index is -0.778. The Labute approximate surface area is 205 Å². The van der Waals surface area contributed by atoms with Crippen LogP contribution in [0, 0.1) is 23.7 Å². The standard InChI is InChI=1S/C28H32N2O5/c1-16(2)11-12-24(26(31)30-13-21-22(14-30)25(21)27(32)33)29-28(34)35-15-23-19-9-5-3-7-17(19)18-8-4-6-10-20(18)23/h3-10,16,21-25H,11-15H2,1-2H3,(H,29,34)(H,32,33). The van der Waals surface area contributed by atoms with Gasteiger partial charge in [-0.2, -0.15) is 0 Å². The third-order valence-electron chi connectivity index (χ3n) is 7.76. The first kappa shape index (κ1) is 23.4. The number of hydrogen-bond acceptors (Lipinski definition) is 4. The van der Waals surface area contributed by atoms with E-state index in [1.807, 2.05) is 24.3 Å². The molecule has 1 aliphatic heterocycles. The molecule has 0 spiro atoms. The quantitative estimate of drug-likeness (QED) is 0.598. The van der Waals surface area contributed by atoms with Crippen molar-refractivity contribution in [3.63, 3.8) is 0 Å². The number of carboxylic acids is 1. The van der Waals surface area contributed by atoms with Crippen LogP contribution in [0.5, 0.6) is 0 Å². The first-order chi connectivity index (χ1) is 16.8. The fourth-order valence-corrected chi connectivity index (χ4v) is 5.83. The number of nitrogens with zero attached hydrogens (tertiary/aromatic N) is 1. The molecule has 35 heavy (non-hydrogen) atoms. The number of benzene rings is 2. The normalized spacial score (nSPS) is 22.8. The van der Waals surface area contributed by atoms with Crippen LogP contribution in [0.3, 0.4) is 0 Å². The fraction of sp³-hybridized carbons (Fsp3) is 0.464. The van der Waals surface area contributed by atoms with E-state index in [0.717, 1.165) is 28.7 Å². The number of piperidine rings is 1. The van der Waals surface area contributed by atoms with E-state index in [9.17, 15) is 19.5 Å². The van der Waals surface area contributed by atoms with E-state index >= 15 is 0 Å². The lowest BCUT2D eigenvalue weighted by atomic mass is 9.98. The summed E-state index contributed by atoms with van der Waals surface area (Å²) in [7, 11) is 0. The molecule has 184 valence electrons. The molecule has 2 aromatic carbocycles. The highest BCUT2D eigenvalue weighted by atomic mass is 16.5. The third-order valence-corrected chi connectivity index (χ3v) is 7.76. The Morgan fingerprint density at radius 2 is 1.54 bits per heavy atom. The van der Waals surface area contributed by atoms with E-state index < -0.39 is 18.1 Å². The van der Waals surface area contributed by atoms with Crippen LogP contribution in [0.25, 0.3) is 11.1 Å². The zero-order chi connectivity index (χ0) is 24.7. The van der Waals surface area contributed by atoms with E-state index in [1.54, 1.807) is 4.90 Å². The number of carbonyl (C=O) groups is 3. The molecule has 0 bridgehead atoms. The zero-order valence-electron chi connectivity index (χ0n) is 20.1. The lowest BCUT2D eigenvalue weighted by Gasteiger charge is -2.26. The zero-order valence-corrected chi connectivity index (χ0v) is 20.1. The van der Waals surface area contributed by atoms with Gasteiger partial charge in [0.1, 0.15) is 12.6 Å². The van der Waals surface area contributed by atoms with Gasteiger partial charge in [-0.3, -0.25) is 9.59 Å². The van der Waals surface area contributed by atoms with Crippen molar-refractivity contribution in [2.24, 2.45) is 23.7 Å². The Kier molecular flexibility index (Phi) is 6.26. The number of aliphatic carboxylic acids is 1. The van der Waals surface area contributed by atoms with Crippen LogP contribution >= 0.6 is 0 Å². The number of ether oxygens (including phenoxy) is 1. The summed E-state index contributed by atoms with van der Waals surface area (Å²) in [5, 5.41) is 12.1. The number of alkyl carbamates (subject to hydrolysis) is 1. The second-order valence-electron chi connectivity index (χ2n) is 10.4. The van der Waals surface area contributed by atoms with Crippen LogP contribution in [0.15, 0.2) is 48.5 Å². The Morgan fingerprint density at radius 3 is 2.09 bits per heavy atom. The van der Waals surface area contributed by atoms with Crippen molar-refractivity contribution < 1.29 is 24.2 Å². The molecule has 2 amide bonds. The number of fused-ring (bicyclic) bond motifs is 4. The molecule has 7 heteroatoms. The van der Waals surface area contributed by atoms with Gasteiger partial charge in [0.25, 0.3) is 0 Å². The van der Waals surface area contributed by atoms with Crippen molar-refractivity contribution in [3.05, 3.63) is 59.7 Å². The van der Waals surface area contributed by atoms with Crippen LogP contribution in [0.2, 0.25) is 0 Å². The summed E-state index contributed by atoms with van der Waals surface area (Å²) in [6.45, 7) is 5.25. The van der Waals surface area contributed by atoms with Gasteiger partial charge in [-0.15, -0.1) is 0 Å². The first-order valence-electron chi connectivity index (χ1n) is 12.5. The number of hydrogen-bond donors (Lipinski definition) is 2. The van der Waals surface area contributed by atoms with Crippen molar-refractivity contribution in [1.82, 2.24) is 10.2 Å². The summed E-state index contributed by atoms with van der Waals surface area (Å²) >= 11 is 0. The number of rotatable bonds is 8. The molecule has 1 saturated carbocycles. The Bertz CT molecular complexity index is 1090. The van der Waals surface area contributed by atoms with Gasteiger partial charge < -0.3 is 20.1 Å². The van der Waals surface area contributed by atoms with Gasteiger partial charge in [0.05, 0.1) is 5.92 Å². The average molecular weight is 477 g/mol. The summed E-state index contributed by atoms with van der Waals surface area (Å²) in [5.74, 6) is -0.832. The van der Waals surface area contributed by atoms with Crippen LogP contribution in [-0.2, 0) is 14.3 Å². The first-order valence-corrected chi connectivity index (χ1v) is 12.5. The average Bonchev–Trinajstić information content (AvgIpc) is 3.19. The lowest BCUT2D eigenvalue weighted by molar-refractivity contribution is -0.141. The molecule has 5 rings (SSSR count). The summed E-state index contributed by atoms with van der Waals surface area (Å²) in [5.41, 5.74) is 4.60. The minimum Gasteiger partial charge on any atom is -0.481 e. The molecule has 7 nitrogen and oxygen atoms in total. The lowest BCUT2D eigenvalue weighted by Crippen LogP contribution is -2.49. The highest BCUT2D eigenvalue weighted by Crippen LogP contribution is 2.52. The van der Waals surface area contributed by atoms with Crippen molar-refractivity contribution in [1.29, 1.82) is 0 Å². The topological polar surface area (TPSA) is 95.9 Å². The Balaban J connectivity index is 1.22. The fourth-order valence-electron chi connectivity index (χ4n) is 5.83. The van der Waals surface area contributed by atoms with Crippen LogP contribution in [0.1, 0.15) is 43.7 Å². The summed E-state index contributed by atoms with van der Waals surface area (Å²) in [4.78, 5) is 39.0. The monoisotopic (exact) mass is 476 g/mol. The molecular formula is C28H32N2O5. The summed E-state index contributed by atoms with van der Waals surface area (Å²) in [6.07, 6.45) is 0.717. The van der Waals surface area contributed by atoms with E-state index in [2.05, 4.69) is 43.4 Å². The molecule has 3 aliphatic rings. The molecule has 0 aromatic heterocycles. The maximum absolute atomic E-state index is 13.2. The highest BCUT2D eigenvalue weighted by Gasteiger charge is 2.60. The molecular weight excluding hydrogens is 444 g/mol. The summed E-state index contributed by atoms with van der Waals surface area (Å²) in [6, 6.07) is 15.7. The van der Waals surface area contributed by atoms with Crippen LogP contribution < -0.4 is 5.32 Å². The molecule has 2 aliphatic carbocycles. The van der Waals surface area contributed by atoms with Crippen LogP contribution in [0.4, 0.5) is 4.79 Å². The van der Waals surface area contributed by atoms with Gasteiger partial charge >= 0.3 is 12.1 Å². The minimum absolute atomic E-state index is 0.0386. The number of likely N-dealkylation sites (tertiary alicyclic amines) is 1. The van der Waals surface area contributed by atoms with Crippen molar-refractivity contribution in [2.45, 2.75) is 38.6 Å². The SMILES string of the molecule is CC(C)CCC(NC(=O)OCC1c2ccccc2-c2ccccc21)C(=O)N1CC2C(C1)C2C(=O)O. The van der Waals surface area contributed by atoms with Crippen LogP contribution in [-0.4, -0.2) is 53.7 Å². The van der Waals surface area contributed by atoms with Crippen molar-refractivity contribution in [3.8, 4) is 11.1 Å². The largest absolute Gasteiger partial charge is 0.481 e. The predicted molar refractivity (Wildman–Crippen MR) is 131 cm³/mol. The molecule has 3 atom stereocenters. The molecule has 2 N–H and O–H groups in total. The Morgan fingerprint density at radius 1 is 0.971 bits per heavy atom.